The van der Waals surface area contributed by atoms with Crippen LogP contribution in [0.25, 0.3) is 0 Å². The lowest BCUT2D eigenvalue weighted by molar-refractivity contribution is 0.198. The van der Waals surface area contributed by atoms with E-state index in [0.717, 1.165) is 18.9 Å². The van der Waals surface area contributed by atoms with Crippen LogP contribution < -0.4 is 5.32 Å². The molecule has 2 N–H and O–H groups in total. The van der Waals surface area contributed by atoms with Crippen molar-refractivity contribution in [1.82, 2.24) is 5.32 Å². The number of hydrogen-bond acceptors (Lipinski definition) is 2. The molecule has 0 aromatic heterocycles. The highest BCUT2D eigenvalue weighted by Crippen LogP contribution is 2.13. The summed E-state index contributed by atoms with van der Waals surface area (Å²) < 4.78 is 0. The third-order valence-electron chi connectivity index (χ3n) is 1.98. The van der Waals surface area contributed by atoms with Gasteiger partial charge in [0.15, 0.2) is 0 Å². The molecular formula is C7H15NO. The van der Waals surface area contributed by atoms with E-state index in [1.165, 1.54) is 6.42 Å². The van der Waals surface area contributed by atoms with Crippen molar-refractivity contribution in [2.24, 2.45) is 5.92 Å². The van der Waals surface area contributed by atoms with E-state index in [-0.39, 0.29) is 0 Å². The van der Waals surface area contributed by atoms with Gasteiger partial charge in [-0.2, -0.15) is 0 Å². The number of aliphatic hydroxyl groups excluding tert-OH is 1. The van der Waals surface area contributed by atoms with Gasteiger partial charge < -0.3 is 10.4 Å². The average Bonchev–Trinajstić information content (AvgIpc) is 1.88. The van der Waals surface area contributed by atoms with Gasteiger partial charge in [-0.05, 0) is 25.3 Å². The molecule has 1 aliphatic rings. The van der Waals surface area contributed by atoms with Crippen LogP contribution in [0.15, 0.2) is 0 Å². The van der Waals surface area contributed by atoms with E-state index < -0.39 is 0 Å². The summed E-state index contributed by atoms with van der Waals surface area (Å²) in [6, 6.07) is 0.369. The Morgan fingerprint density at radius 1 is 1.67 bits per heavy atom. The summed E-state index contributed by atoms with van der Waals surface area (Å²) in [4.78, 5) is 0. The van der Waals surface area contributed by atoms with Gasteiger partial charge in [-0.3, -0.25) is 0 Å². The van der Waals surface area contributed by atoms with E-state index in [2.05, 4.69) is 12.2 Å². The second-order valence-corrected chi connectivity index (χ2v) is 2.96. The molecule has 2 heteroatoms. The smallest absolute Gasteiger partial charge is 0.0584 e. The highest BCUT2D eigenvalue weighted by atomic mass is 16.3. The molecule has 0 spiro atoms. The zero-order chi connectivity index (χ0) is 6.69. The molecule has 1 rings (SSSR count). The minimum Gasteiger partial charge on any atom is -0.395 e. The lowest BCUT2D eigenvalue weighted by atomic mass is 9.95. The molecule has 0 bridgehead atoms. The highest BCUT2D eigenvalue weighted by molar-refractivity contribution is 4.74. The molecule has 0 aromatic carbocycles. The van der Waals surface area contributed by atoms with Gasteiger partial charge in [0.05, 0.1) is 6.61 Å². The molecule has 2 nitrogen and oxygen atoms in total. The molecule has 0 amide bonds. The lowest BCUT2D eigenvalue weighted by Crippen LogP contribution is -2.39. The van der Waals surface area contributed by atoms with Crippen molar-refractivity contribution in [2.75, 3.05) is 13.2 Å². The van der Waals surface area contributed by atoms with Crippen LogP contribution >= 0.6 is 0 Å². The van der Waals surface area contributed by atoms with Gasteiger partial charge in [0.25, 0.3) is 0 Å². The first-order chi connectivity index (χ1) is 4.33. The van der Waals surface area contributed by atoms with E-state index in [1.807, 2.05) is 0 Å². The molecule has 0 radical (unpaired) electrons. The van der Waals surface area contributed by atoms with Crippen molar-refractivity contribution in [3.63, 3.8) is 0 Å². The predicted octanol–water partition coefficient (Wildman–Crippen LogP) is 0.367. The van der Waals surface area contributed by atoms with Gasteiger partial charge in [-0.15, -0.1) is 0 Å². The molecular weight excluding hydrogens is 114 g/mol. The molecule has 0 aliphatic carbocycles. The van der Waals surface area contributed by atoms with Crippen molar-refractivity contribution in [3.8, 4) is 0 Å². The quantitative estimate of drug-likeness (QED) is 0.536. The van der Waals surface area contributed by atoms with Crippen LogP contribution in [0.2, 0.25) is 0 Å². The molecule has 0 aromatic rings. The summed E-state index contributed by atoms with van der Waals surface area (Å²) in [7, 11) is 0. The highest BCUT2D eigenvalue weighted by Gasteiger charge is 2.16. The van der Waals surface area contributed by atoms with Gasteiger partial charge in [0.1, 0.15) is 0 Å². The lowest BCUT2D eigenvalue weighted by Gasteiger charge is -2.26. The van der Waals surface area contributed by atoms with E-state index >= 15 is 0 Å². The fraction of sp³-hybridized carbons (Fsp3) is 1.00. The summed E-state index contributed by atoms with van der Waals surface area (Å²) in [6.45, 7) is 3.61. The Morgan fingerprint density at radius 3 is 2.89 bits per heavy atom. The summed E-state index contributed by atoms with van der Waals surface area (Å²) in [5, 5.41) is 12.0. The maximum Gasteiger partial charge on any atom is 0.0584 e. The van der Waals surface area contributed by atoms with Crippen molar-refractivity contribution in [1.29, 1.82) is 0 Å². The molecule has 0 unspecified atom stereocenters. The summed E-state index contributed by atoms with van der Waals surface area (Å²) in [5.41, 5.74) is 0. The molecule has 9 heavy (non-hydrogen) atoms. The molecule has 2 atom stereocenters. The van der Waals surface area contributed by atoms with Crippen LogP contribution in [0.1, 0.15) is 19.8 Å². The van der Waals surface area contributed by atoms with Crippen molar-refractivity contribution in [3.05, 3.63) is 0 Å². The van der Waals surface area contributed by atoms with E-state index in [4.69, 9.17) is 5.11 Å². The number of nitrogens with one attached hydrogen (secondary N) is 1. The van der Waals surface area contributed by atoms with Gasteiger partial charge >= 0.3 is 0 Å². The Labute approximate surface area is 56.3 Å². The maximum atomic E-state index is 8.75. The fourth-order valence-electron chi connectivity index (χ4n) is 1.36. The molecule has 54 valence electrons. The standard InChI is InChI=1S/C7H15NO/c1-6-2-3-8-7(4-6)5-9/h6-9H,2-5H2,1H3/t6-,7+/m1/s1. The second-order valence-electron chi connectivity index (χ2n) is 2.96. The molecule has 1 heterocycles. The molecule has 1 saturated heterocycles. The zero-order valence-electron chi connectivity index (χ0n) is 5.93. The number of aliphatic hydroxyl groups is 1. The van der Waals surface area contributed by atoms with Crippen LogP contribution in [-0.2, 0) is 0 Å². The Balaban J connectivity index is 2.23. The minimum absolute atomic E-state index is 0.296. The largest absolute Gasteiger partial charge is 0.395 e. The first-order valence-corrected chi connectivity index (χ1v) is 3.67. The number of rotatable bonds is 1. The normalized spacial score (nSPS) is 36.7. The summed E-state index contributed by atoms with van der Waals surface area (Å²) >= 11 is 0. The van der Waals surface area contributed by atoms with E-state index in [0.29, 0.717) is 12.6 Å². The summed E-state index contributed by atoms with van der Waals surface area (Å²) in [6.07, 6.45) is 2.40. The Kier molecular flexibility index (Phi) is 2.49. The van der Waals surface area contributed by atoms with Gasteiger partial charge in [-0.1, -0.05) is 6.92 Å². The first kappa shape index (κ1) is 7.03. The van der Waals surface area contributed by atoms with Crippen LogP contribution in [0.3, 0.4) is 0 Å². The van der Waals surface area contributed by atoms with Gasteiger partial charge in [0.2, 0.25) is 0 Å². The third-order valence-corrected chi connectivity index (χ3v) is 1.98. The Bertz CT molecular complexity index is 85.0. The fourth-order valence-corrected chi connectivity index (χ4v) is 1.36. The first-order valence-electron chi connectivity index (χ1n) is 3.67. The molecule has 1 fully saturated rings. The maximum absolute atomic E-state index is 8.75. The van der Waals surface area contributed by atoms with Crippen LogP contribution in [0.4, 0.5) is 0 Å². The molecule has 0 saturated carbocycles. The average molecular weight is 129 g/mol. The van der Waals surface area contributed by atoms with E-state index in [1.54, 1.807) is 0 Å². The monoisotopic (exact) mass is 129 g/mol. The van der Waals surface area contributed by atoms with Crippen LogP contribution in [0, 0.1) is 5.92 Å². The number of piperidine rings is 1. The van der Waals surface area contributed by atoms with Crippen molar-refractivity contribution in [2.45, 2.75) is 25.8 Å². The van der Waals surface area contributed by atoms with Crippen LogP contribution in [-0.4, -0.2) is 24.3 Å². The topological polar surface area (TPSA) is 32.3 Å². The number of hydrogen-bond donors (Lipinski definition) is 2. The Morgan fingerprint density at radius 2 is 2.44 bits per heavy atom. The second kappa shape index (κ2) is 3.18. The van der Waals surface area contributed by atoms with Crippen molar-refractivity contribution >= 4 is 0 Å². The Hall–Kier alpha value is -0.0800. The van der Waals surface area contributed by atoms with Crippen molar-refractivity contribution < 1.29 is 5.11 Å². The molecule has 1 aliphatic heterocycles. The van der Waals surface area contributed by atoms with Gasteiger partial charge in [-0.25, -0.2) is 0 Å². The minimum atomic E-state index is 0.296. The van der Waals surface area contributed by atoms with E-state index in [9.17, 15) is 0 Å². The van der Waals surface area contributed by atoms with Crippen LogP contribution in [0.5, 0.6) is 0 Å². The predicted molar refractivity (Wildman–Crippen MR) is 37.3 cm³/mol. The third kappa shape index (κ3) is 1.95. The summed E-state index contributed by atoms with van der Waals surface area (Å²) in [5.74, 6) is 0.795. The SMILES string of the molecule is C[C@@H]1CCN[C@H](CO)C1. The zero-order valence-corrected chi connectivity index (χ0v) is 5.93. The van der Waals surface area contributed by atoms with Gasteiger partial charge in [0, 0.05) is 6.04 Å².